The van der Waals surface area contributed by atoms with Crippen LogP contribution in [0, 0.1) is 0 Å². The Kier molecular flexibility index (Phi) is 4.66. The molecule has 2 aromatic carbocycles. The summed E-state index contributed by atoms with van der Waals surface area (Å²) in [4.78, 5) is 10.9. The second-order valence-corrected chi connectivity index (χ2v) is 4.27. The van der Waals surface area contributed by atoms with Gasteiger partial charge in [-0.05, 0) is 22.8 Å². The number of allylic oxidation sites excluding steroid dienone is 1. The maximum Gasteiger partial charge on any atom is 0.330 e. The Balaban J connectivity index is 2.12. The van der Waals surface area contributed by atoms with Crippen LogP contribution in [0.1, 0.15) is 11.7 Å². The Bertz CT molecular complexity index is 588. The van der Waals surface area contributed by atoms with Crippen molar-refractivity contribution in [1.82, 2.24) is 0 Å². The first-order chi connectivity index (χ1) is 9.70. The average molecular weight is 269 g/mol. The number of ether oxygens (including phenoxy) is 1. The van der Waals surface area contributed by atoms with Crippen molar-refractivity contribution in [2.75, 3.05) is 7.11 Å². The number of carbonyl (C=O) groups excluding carboxylic acids is 1. The largest absolute Gasteiger partial charge is 0.466 e. The average Bonchev–Trinajstić information content (AvgIpc) is 2.53. The molecule has 2 rings (SSSR count). The van der Waals surface area contributed by atoms with Crippen LogP contribution < -0.4 is 0 Å². The Morgan fingerprint density at radius 3 is 2.25 bits per heavy atom. The minimum absolute atomic E-state index is 0.504. The molecule has 0 spiro atoms. The monoisotopic (exact) mass is 269 g/mol. The van der Waals surface area contributed by atoms with Gasteiger partial charge in [-0.2, -0.15) is 0 Å². The third kappa shape index (κ3) is 3.54. The first-order valence-corrected chi connectivity index (χ1v) is 6.26. The molecule has 2 aromatic rings. The highest BCUT2D eigenvalue weighted by Crippen LogP contribution is 2.24. The number of halogens is 1. The predicted molar refractivity (Wildman–Crippen MR) is 76.9 cm³/mol. The molecule has 0 radical (unpaired) electrons. The van der Waals surface area contributed by atoms with Crippen molar-refractivity contribution in [1.29, 1.82) is 0 Å². The van der Waals surface area contributed by atoms with Gasteiger partial charge in [0.25, 0.3) is 0 Å². The van der Waals surface area contributed by atoms with Crippen LogP contribution in [0.4, 0.5) is 4.39 Å². The maximum absolute atomic E-state index is 13.9. The van der Waals surface area contributed by atoms with Gasteiger partial charge in [-0.25, -0.2) is 9.18 Å². The van der Waals surface area contributed by atoms with E-state index in [0.717, 1.165) is 17.2 Å². The first kappa shape index (κ1) is 14.0. The van der Waals surface area contributed by atoms with Crippen LogP contribution in [0.3, 0.4) is 0 Å². The summed E-state index contributed by atoms with van der Waals surface area (Å²) >= 11 is 0. The molecule has 1 unspecified atom stereocenters. The Morgan fingerprint density at radius 1 is 1.05 bits per heavy atom. The third-order valence-corrected chi connectivity index (χ3v) is 2.94. The molecule has 0 bridgehead atoms. The van der Waals surface area contributed by atoms with Crippen molar-refractivity contribution < 1.29 is 13.9 Å². The number of hydrogen-bond donors (Lipinski definition) is 0. The molecule has 0 heterocycles. The van der Waals surface area contributed by atoms with E-state index >= 15 is 0 Å². The summed E-state index contributed by atoms with van der Waals surface area (Å²) in [7, 11) is 1.26. The van der Waals surface area contributed by atoms with Crippen LogP contribution in [0.5, 0.6) is 0 Å². The Morgan fingerprint density at radius 2 is 1.65 bits per heavy atom. The lowest BCUT2D eigenvalue weighted by Crippen LogP contribution is -1.95. The van der Waals surface area contributed by atoms with Gasteiger partial charge in [0, 0.05) is 6.08 Å². The zero-order valence-electron chi connectivity index (χ0n) is 11.1. The van der Waals surface area contributed by atoms with Crippen LogP contribution in [0.2, 0.25) is 0 Å². The molecule has 0 aliphatic heterocycles. The summed E-state index contributed by atoms with van der Waals surface area (Å²) in [6, 6.07) is 17.0. The smallest absolute Gasteiger partial charge is 0.330 e. The van der Waals surface area contributed by atoms with Gasteiger partial charge in [0.2, 0.25) is 0 Å². The quantitative estimate of drug-likeness (QED) is 0.617. The molecular formula is C17H15FO2. The summed E-state index contributed by atoms with van der Waals surface area (Å²) in [5.41, 5.74) is 2.61. The molecule has 0 amide bonds. The van der Waals surface area contributed by atoms with Gasteiger partial charge in [0.1, 0.15) is 6.17 Å². The molecular weight excluding hydrogens is 254 g/mol. The van der Waals surface area contributed by atoms with Gasteiger partial charge in [-0.3, -0.25) is 0 Å². The highest BCUT2D eigenvalue weighted by Gasteiger charge is 2.07. The van der Waals surface area contributed by atoms with Crippen molar-refractivity contribution in [2.45, 2.75) is 6.17 Å². The van der Waals surface area contributed by atoms with Crippen LogP contribution in [0.25, 0.3) is 11.1 Å². The Hall–Kier alpha value is -2.42. The molecule has 102 valence electrons. The summed E-state index contributed by atoms with van der Waals surface area (Å²) in [6.07, 6.45) is 0.956. The SMILES string of the molecule is COC(=O)/C=C/C([18F])c1ccc(-c2ccccc2)cc1. The van der Waals surface area contributed by atoms with Gasteiger partial charge < -0.3 is 4.74 Å². The zero-order valence-corrected chi connectivity index (χ0v) is 11.1. The molecule has 20 heavy (non-hydrogen) atoms. The predicted octanol–water partition coefficient (Wildman–Crippen LogP) is 4.09. The summed E-state index contributed by atoms with van der Waals surface area (Å²) in [5, 5.41) is 0. The number of rotatable bonds is 4. The highest BCUT2D eigenvalue weighted by atomic mass is 18.2. The summed E-state index contributed by atoms with van der Waals surface area (Å²) < 4.78 is 18.3. The number of benzene rings is 2. The molecule has 0 aliphatic rings. The van der Waals surface area contributed by atoms with Gasteiger partial charge in [0.05, 0.1) is 7.11 Å². The minimum Gasteiger partial charge on any atom is -0.466 e. The van der Waals surface area contributed by atoms with E-state index in [2.05, 4.69) is 4.74 Å². The van der Waals surface area contributed by atoms with Gasteiger partial charge in [0.15, 0.2) is 0 Å². The molecule has 3 heteroatoms. The van der Waals surface area contributed by atoms with Crippen LogP contribution in [-0.2, 0) is 9.53 Å². The zero-order chi connectivity index (χ0) is 14.4. The molecule has 1 atom stereocenters. The van der Waals surface area contributed by atoms with E-state index in [9.17, 15) is 9.18 Å². The molecule has 0 aliphatic carbocycles. The van der Waals surface area contributed by atoms with Crippen LogP contribution in [-0.4, -0.2) is 13.1 Å². The number of esters is 1. The van der Waals surface area contributed by atoms with Gasteiger partial charge in [-0.15, -0.1) is 0 Å². The molecule has 0 saturated heterocycles. The van der Waals surface area contributed by atoms with Crippen molar-refractivity contribution >= 4 is 5.97 Å². The highest BCUT2D eigenvalue weighted by molar-refractivity contribution is 5.81. The van der Waals surface area contributed by atoms with Crippen molar-refractivity contribution in [2.24, 2.45) is 0 Å². The van der Waals surface area contributed by atoms with Crippen molar-refractivity contribution in [3.63, 3.8) is 0 Å². The van der Waals surface area contributed by atoms with Crippen molar-refractivity contribution in [3.8, 4) is 11.1 Å². The fraction of sp³-hybridized carbons (Fsp3) is 0.118. The van der Waals surface area contributed by atoms with E-state index < -0.39 is 12.1 Å². The first-order valence-electron chi connectivity index (χ1n) is 6.26. The van der Waals surface area contributed by atoms with Gasteiger partial charge in [-0.1, -0.05) is 54.6 Å². The number of alkyl halides is 1. The fourth-order valence-corrected chi connectivity index (χ4v) is 1.83. The Labute approximate surface area is 117 Å². The third-order valence-electron chi connectivity index (χ3n) is 2.94. The second-order valence-electron chi connectivity index (χ2n) is 4.27. The molecule has 0 saturated carbocycles. The van der Waals surface area contributed by atoms with Crippen molar-refractivity contribution in [3.05, 3.63) is 72.3 Å². The standard InChI is InChI=1S/C17H15FO2/c1-20-17(19)12-11-16(18)15-9-7-14(8-10-15)13-5-3-2-4-6-13/h2-12,16H,1H3/b12-11+/i18-1. The lowest BCUT2D eigenvalue weighted by Gasteiger charge is -2.06. The fourth-order valence-electron chi connectivity index (χ4n) is 1.83. The summed E-state index contributed by atoms with van der Waals surface area (Å²) in [5.74, 6) is -0.562. The van der Waals surface area contributed by atoms with E-state index in [0.29, 0.717) is 5.56 Å². The van der Waals surface area contributed by atoms with Crippen LogP contribution >= 0.6 is 0 Å². The van der Waals surface area contributed by atoms with Gasteiger partial charge >= 0.3 is 5.97 Å². The molecule has 0 fully saturated rings. The second kappa shape index (κ2) is 6.66. The number of methoxy groups -OCH3 is 1. The van der Waals surface area contributed by atoms with Crippen LogP contribution in [0.15, 0.2) is 66.7 Å². The molecule has 0 N–H and O–H groups in total. The van der Waals surface area contributed by atoms with E-state index in [1.807, 2.05) is 42.5 Å². The van der Waals surface area contributed by atoms with E-state index in [1.54, 1.807) is 12.1 Å². The summed E-state index contributed by atoms with van der Waals surface area (Å²) in [6.45, 7) is 0. The number of hydrogen-bond acceptors (Lipinski definition) is 2. The molecule has 2 nitrogen and oxygen atoms in total. The van der Waals surface area contributed by atoms with E-state index in [1.165, 1.54) is 13.2 Å². The minimum atomic E-state index is -1.32. The lowest BCUT2D eigenvalue weighted by molar-refractivity contribution is -0.134. The number of carbonyl (C=O) groups is 1. The topological polar surface area (TPSA) is 26.3 Å². The van der Waals surface area contributed by atoms with E-state index in [4.69, 9.17) is 0 Å². The molecule has 0 aromatic heterocycles. The maximum atomic E-state index is 13.9. The van der Waals surface area contributed by atoms with E-state index in [-0.39, 0.29) is 0 Å². The normalized spacial score (nSPS) is 12.3. The lowest BCUT2D eigenvalue weighted by atomic mass is 10.0.